The molecule has 2 aromatic heterocycles. The Bertz CT molecular complexity index is 1370. The van der Waals surface area contributed by atoms with Crippen molar-refractivity contribution in [3.8, 4) is 0 Å². The summed E-state index contributed by atoms with van der Waals surface area (Å²) in [6.45, 7) is 0.734. The SMILES string of the molecule is O=C(NC1(C(=O)N(C2CCCNCC2O)S(=O)(=O)c2ccccn2)CCCCC1)c1cc2ccccc2o1. The smallest absolute Gasteiger partial charge is 0.287 e. The number of pyridine rings is 1. The van der Waals surface area contributed by atoms with Crippen molar-refractivity contribution >= 4 is 32.8 Å². The lowest BCUT2D eigenvalue weighted by atomic mass is 9.80. The van der Waals surface area contributed by atoms with Crippen molar-refractivity contribution in [3.63, 3.8) is 0 Å². The lowest BCUT2D eigenvalue weighted by Crippen LogP contribution is -2.64. The molecule has 3 N–H and O–H groups in total. The van der Waals surface area contributed by atoms with Crippen molar-refractivity contribution in [3.05, 3.63) is 60.5 Å². The molecule has 2 fully saturated rings. The number of nitrogens with one attached hydrogen (secondary N) is 2. The number of carbonyl (C=O) groups is 2. The van der Waals surface area contributed by atoms with Crippen LogP contribution in [0.1, 0.15) is 55.5 Å². The van der Waals surface area contributed by atoms with Crippen molar-refractivity contribution in [2.45, 2.75) is 67.7 Å². The highest BCUT2D eigenvalue weighted by Gasteiger charge is 2.51. The molecule has 2 atom stereocenters. The number of rotatable bonds is 6. The second-order valence-corrected chi connectivity index (χ2v) is 11.8. The fourth-order valence-electron chi connectivity index (χ4n) is 5.46. The average molecular weight is 541 g/mol. The first kappa shape index (κ1) is 26.3. The summed E-state index contributed by atoms with van der Waals surface area (Å²) in [6, 6.07) is 12.2. The first-order chi connectivity index (χ1) is 18.3. The van der Waals surface area contributed by atoms with E-state index in [-0.39, 0.29) is 36.6 Å². The molecule has 2 unspecified atom stereocenters. The number of β-amino-alcohol motifs (C(OH)–C–C–N with tert-alkyl or cyclic N) is 1. The summed E-state index contributed by atoms with van der Waals surface area (Å²) in [5, 5.41) is 17.4. The molecule has 1 aromatic carbocycles. The molecular weight excluding hydrogens is 508 g/mol. The van der Waals surface area contributed by atoms with Gasteiger partial charge < -0.3 is 20.2 Å². The van der Waals surface area contributed by atoms with E-state index >= 15 is 0 Å². The van der Waals surface area contributed by atoms with E-state index in [1.165, 1.54) is 18.3 Å². The number of amides is 2. The number of aliphatic hydroxyl groups is 1. The van der Waals surface area contributed by atoms with Crippen LogP contribution < -0.4 is 10.6 Å². The van der Waals surface area contributed by atoms with E-state index in [0.29, 0.717) is 31.4 Å². The number of furan rings is 1. The topological polar surface area (TPSA) is 142 Å². The molecule has 3 heterocycles. The van der Waals surface area contributed by atoms with E-state index in [0.717, 1.165) is 16.1 Å². The first-order valence-electron chi connectivity index (χ1n) is 13.0. The number of benzene rings is 1. The van der Waals surface area contributed by atoms with Crippen molar-refractivity contribution in [2.75, 3.05) is 13.1 Å². The number of fused-ring (bicyclic) bond motifs is 1. The third-order valence-corrected chi connectivity index (χ3v) is 9.16. The maximum atomic E-state index is 14.5. The number of hydrogen-bond acceptors (Lipinski definition) is 8. The van der Waals surface area contributed by atoms with Crippen LogP contribution in [0.4, 0.5) is 0 Å². The van der Waals surface area contributed by atoms with Gasteiger partial charge in [0.25, 0.3) is 21.8 Å². The van der Waals surface area contributed by atoms with E-state index < -0.39 is 39.5 Å². The Morgan fingerprint density at radius 1 is 1.08 bits per heavy atom. The summed E-state index contributed by atoms with van der Waals surface area (Å²) in [6.07, 6.45) is 3.75. The molecule has 11 heteroatoms. The van der Waals surface area contributed by atoms with Crippen LogP contribution in [0.3, 0.4) is 0 Å². The highest BCUT2D eigenvalue weighted by Crippen LogP contribution is 2.35. The second-order valence-electron chi connectivity index (χ2n) is 10.0. The summed E-state index contributed by atoms with van der Waals surface area (Å²) in [5.74, 6) is -1.30. The van der Waals surface area contributed by atoms with Crippen molar-refractivity contribution < 1.29 is 27.5 Å². The molecule has 1 saturated heterocycles. The van der Waals surface area contributed by atoms with Crippen LogP contribution in [-0.4, -0.2) is 65.4 Å². The molecule has 10 nitrogen and oxygen atoms in total. The third kappa shape index (κ3) is 5.05. The minimum absolute atomic E-state index is 0.0433. The zero-order valence-corrected chi connectivity index (χ0v) is 21.8. The van der Waals surface area contributed by atoms with Crippen molar-refractivity contribution in [2.24, 2.45) is 0 Å². The van der Waals surface area contributed by atoms with Gasteiger partial charge in [0.15, 0.2) is 10.8 Å². The summed E-state index contributed by atoms with van der Waals surface area (Å²) in [4.78, 5) is 31.9. The Labute approximate surface area is 221 Å². The molecular formula is C27H32N4O6S. The average Bonchev–Trinajstić information content (AvgIpc) is 3.27. The van der Waals surface area contributed by atoms with Gasteiger partial charge in [0.1, 0.15) is 11.1 Å². The Hall–Kier alpha value is -3.28. The molecule has 1 aliphatic heterocycles. The lowest BCUT2D eigenvalue weighted by molar-refractivity contribution is -0.138. The number of aliphatic hydroxyl groups excluding tert-OH is 1. The highest BCUT2D eigenvalue weighted by molar-refractivity contribution is 7.89. The fraction of sp³-hybridized carbons (Fsp3) is 0.444. The van der Waals surface area contributed by atoms with Crippen LogP contribution in [-0.2, 0) is 14.8 Å². The number of nitrogens with zero attached hydrogens (tertiary/aromatic N) is 2. The molecule has 0 radical (unpaired) electrons. The van der Waals surface area contributed by atoms with E-state index in [1.54, 1.807) is 24.3 Å². The van der Waals surface area contributed by atoms with Crippen LogP contribution >= 0.6 is 0 Å². The lowest BCUT2D eigenvalue weighted by Gasteiger charge is -2.42. The van der Waals surface area contributed by atoms with Gasteiger partial charge in [-0.25, -0.2) is 9.29 Å². The van der Waals surface area contributed by atoms with Gasteiger partial charge in [-0.2, -0.15) is 8.42 Å². The number of sulfonamides is 1. The summed E-state index contributed by atoms with van der Waals surface area (Å²) in [7, 11) is -4.45. The number of para-hydroxylation sites is 1. The van der Waals surface area contributed by atoms with Crippen LogP contribution in [0.25, 0.3) is 11.0 Å². The van der Waals surface area contributed by atoms with Gasteiger partial charge in [0.05, 0.1) is 12.1 Å². The molecule has 38 heavy (non-hydrogen) atoms. The molecule has 202 valence electrons. The standard InChI is InChI=1S/C27H32N4O6S/c32-21-18-28-15-8-10-20(21)31(38(35,36)24-12-4-7-16-29-24)26(34)27(13-5-1-6-14-27)30-25(33)23-17-19-9-2-3-11-22(19)37-23/h2-4,7,9,11-12,16-17,20-21,28,32H,1,5-6,8,10,13-15,18H2,(H,30,33). The maximum Gasteiger partial charge on any atom is 0.287 e. The van der Waals surface area contributed by atoms with E-state index in [1.807, 2.05) is 12.1 Å². The van der Waals surface area contributed by atoms with Gasteiger partial charge in [-0.1, -0.05) is 43.5 Å². The molecule has 2 amide bonds. The van der Waals surface area contributed by atoms with Gasteiger partial charge >= 0.3 is 0 Å². The molecule has 0 spiro atoms. The third-order valence-electron chi connectivity index (χ3n) is 7.43. The summed E-state index contributed by atoms with van der Waals surface area (Å²) < 4.78 is 34.5. The first-order valence-corrected chi connectivity index (χ1v) is 14.5. The largest absolute Gasteiger partial charge is 0.451 e. The Balaban J connectivity index is 1.55. The molecule has 2 aliphatic rings. The molecule has 1 saturated carbocycles. The predicted octanol–water partition coefficient (Wildman–Crippen LogP) is 2.59. The van der Waals surface area contributed by atoms with Gasteiger partial charge in [0.2, 0.25) is 0 Å². The van der Waals surface area contributed by atoms with Gasteiger partial charge in [-0.05, 0) is 56.5 Å². The van der Waals surface area contributed by atoms with Gasteiger partial charge in [-0.3, -0.25) is 9.59 Å². The number of hydrogen-bond donors (Lipinski definition) is 3. The van der Waals surface area contributed by atoms with E-state index in [2.05, 4.69) is 15.6 Å². The predicted molar refractivity (Wildman–Crippen MR) is 140 cm³/mol. The minimum atomic E-state index is -4.45. The zero-order chi connectivity index (χ0) is 26.8. The molecule has 3 aromatic rings. The quantitative estimate of drug-likeness (QED) is 0.433. The Morgan fingerprint density at radius 3 is 2.58 bits per heavy atom. The molecule has 5 rings (SSSR count). The Morgan fingerprint density at radius 2 is 1.84 bits per heavy atom. The van der Waals surface area contributed by atoms with Crippen LogP contribution in [0.15, 0.2) is 64.2 Å². The zero-order valence-electron chi connectivity index (χ0n) is 21.0. The highest BCUT2D eigenvalue weighted by atomic mass is 32.2. The number of carbonyl (C=O) groups excluding carboxylic acids is 2. The summed E-state index contributed by atoms with van der Waals surface area (Å²) >= 11 is 0. The van der Waals surface area contributed by atoms with E-state index in [4.69, 9.17) is 4.42 Å². The van der Waals surface area contributed by atoms with Crippen LogP contribution in [0.2, 0.25) is 0 Å². The van der Waals surface area contributed by atoms with Crippen molar-refractivity contribution in [1.29, 1.82) is 0 Å². The minimum Gasteiger partial charge on any atom is -0.451 e. The monoisotopic (exact) mass is 540 g/mol. The van der Waals surface area contributed by atoms with Gasteiger partial charge in [-0.15, -0.1) is 0 Å². The van der Waals surface area contributed by atoms with Crippen LogP contribution in [0.5, 0.6) is 0 Å². The molecule has 0 bridgehead atoms. The summed E-state index contributed by atoms with van der Waals surface area (Å²) in [5.41, 5.74) is -0.939. The molecule has 1 aliphatic carbocycles. The van der Waals surface area contributed by atoms with Gasteiger partial charge in [0, 0.05) is 18.1 Å². The van der Waals surface area contributed by atoms with E-state index in [9.17, 15) is 23.1 Å². The maximum absolute atomic E-state index is 14.5. The van der Waals surface area contributed by atoms with Crippen molar-refractivity contribution in [1.82, 2.24) is 19.9 Å². The number of aromatic nitrogens is 1. The fourth-order valence-corrected chi connectivity index (χ4v) is 7.10. The second kappa shape index (κ2) is 10.8. The Kier molecular flexibility index (Phi) is 7.51. The van der Waals surface area contributed by atoms with Crippen LogP contribution in [0, 0.1) is 0 Å². The normalized spacial score (nSPS) is 21.9.